The van der Waals surface area contributed by atoms with Crippen LogP contribution in [0.1, 0.15) is 78.7 Å². The Morgan fingerprint density at radius 1 is 1.08 bits per heavy atom. The number of nitrogens with one attached hydrogen (secondary N) is 3. The molecule has 4 aromatic rings. The quantitative estimate of drug-likeness (QED) is 0.0662. The van der Waals surface area contributed by atoms with Gasteiger partial charge in [-0.15, -0.1) is 17.9 Å². The largest absolute Gasteiger partial charge is 0.497 e. The van der Waals surface area contributed by atoms with Gasteiger partial charge in [0.15, 0.2) is 5.13 Å². The van der Waals surface area contributed by atoms with E-state index in [1.54, 1.807) is 55.7 Å². The van der Waals surface area contributed by atoms with Crippen LogP contribution < -0.4 is 25.4 Å². The number of thiazole rings is 1. The lowest BCUT2D eigenvalue weighted by Crippen LogP contribution is -2.58. The number of pyridine rings is 1. The van der Waals surface area contributed by atoms with Crippen LogP contribution in [0.5, 0.6) is 11.5 Å². The van der Waals surface area contributed by atoms with Crippen molar-refractivity contribution in [3.63, 3.8) is 0 Å². The van der Waals surface area contributed by atoms with Crippen LogP contribution in [0.4, 0.5) is 9.93 Å². The minimum atomic E-state index is -4.14. The predicted octanol–water partition coefficient (Wildman–Crippen LogP) is 8.76. The zero-order chi connectivity index (χ0) is 44.6. The van der Waals surface area contributed by atoms with E-state index >= 15 is 0 Å². The number of likely N-dealkylation sites (tertiary alicyclic amines) is 1. The summed E-state index contributed by atoms with van der Waals surface area (Å²) in [6.45, 7) is 13.4. The molecule has 4 N–H and O–H groups in total. The first-order valence-electron chi connectivity index (χ1n) is 21.1. The number of carbonyl (C=O) groups is 3. The molecule has 62 heavy (non-hydrogen) atoms. The Bertz CT molecular complexity index is 2370. The molecule has 332 valence electrons. The SMILES string of the molecule is C=C[C@@H]1C[C@]1(NC(=O)[C@@H]1CC(Oc2cc(-c3csc(NC(C)C)n3)nc3cc(OC)ccc23)CN1C(=O)[C@@H](NC(=O)OC1CCCC1)C(C)(C)C)P(=O)(O)Cc1ccc(Cl)cc1. The molecule has 0 bridgehead atoms. The van der Waals surface area contributed by atoms with Crippen LogP contribution in [0.25, 0.3) is 22.3 Å². The summed E-state index contributed by atoms with van der Waals surface area (Å²) in [7, 11) is -2.56. The molecule has 6 atom stereocenters. The Kier molecular flexibility index (Phi) is 13.3. The summed E-state index contributed by atoms with van der Waals surface area (Å²) in [5.41, 5.74) is 1.56. The molecule has 0 spiro atoms. The average Bonchev–Trinajstić information content (AvgIpc) is 3.61. The highest BCUT2D eigenvalue weighted by Gasteiger charge is 2.65. The fourth-order valence-corrected chi connectivity index (χ4v) is 11.7. The highest BCUT2D eigenvalue weighted by Crippen LogP contribution is 2.70. The molecule has 2 unspecified atom stereocenters. The number of amides is 3. The number of aromatic nitrogens is 2. The number of carbonyl (C=O) groups excluding carboxylic acids is 3. The number of halogens is 1. The lowest BCUT2D eigenvalue weighted by Gasteiger charge is -2.36. The number of fused-ring (bicyclic) bond motifs is 1. The molecular formula is C45H56ClN6O8PS. The van der Waals surface area contributed by atoms with Crippen molar-refractivity contribution in [1.82, 2.24) is 25.5 Å². The summed E-state index contributed by atoms with van der Waals surface area (Å²) in [4.78, 5) is 65.8. The van der Waals surface area contributed by atoms with Crippen LogP contribution in [0.15, 0.2) is 66.6 Å². The van der Waals surface area contributed by atoms with Crippen LogP contribution in [0.2, 0.25) is 5.02 Å². The molecule has 3 amide bonds. The summed E-state index contributed by atoms with van der Waals surface area (Å²) in [5.74, 6) is -0.557. The molecule has 3 fully saturated rings. The van der Waals surface area contributed by atoms with Crippen LogP contribution in [0.3, 0.4) is 0 Å². The van der Waals surface area contributed by atoms with E-state index in [9.17, 15) is 23.8 Å². The predicted molar refractivity (Wildman–Crippen MR) is 242 cm³/mol. The van der Waals surface area contributed by atoms with E-state index in [2.05, 4.69) is 22.5 Å². The number of rotatable bonds is 15. The molecular weight excluding hydrogens is 851 g/mol. The Morgan fingerprint density at radius 3 is 2.45 bits per heavy atom. The van der Waals surface area contributed by atoms with Crippen LogP contribution in [-0.4, -0.2) is 86.9 Å². The number of ether oxygens (including phenoxy) is 3. The molecule has 2 aromatic carbocycles. The fourth-order valence-electron chi connectivity index (χ4n) is 8.38. The van der Waals surface area contributed by atoms with Crippen molar-refractivity contribution in [2.45, 2.75) is 115 Å². The van der Waals surface area contributed by atoms with Gasteiger partial charge in [-0.2, -0.15) is 0 Å². The molecule has 0 radical (unpaired) electrons. The summed E-state index contributed by atoms with van der Waals surface area (Å²) in [6.07, 6.45) is 3.38. The van der Waals surface area contributed by atoms with E-state index in [0.717, 1.165) is 30.8 Å². The average molecular weight is 907 g/mol. The molecule has 14 nitrogen and oxygen atoms in total. The second kappa shape index (κ2) is 18.2. The first kappa shape index (κ1) is 45.3. The summed E-state index contributed by atoms with van der Waals surface area (Å²) < 4.78 is 32.4. The van der Waals surface area contributed by atoms with Crippen LogP contribution in [-0.2, 0) is 25.1 Å². The van der Waals surface area contributed by atoms with Gasteiger partial charge in [0.25, 0.3) is 0 Å². The number of methoxy groups -OCH3 is 1. The van der Waals surface area contributed by atoms with Gasteiger partial charge in [-0.05, 0) is 81.2 Å². The fraction of sp³-hybridized carbons (Fsp3) is 0.489. The van der Waals surface area contributed by atoms with Gasteiger partial charge in [-0.1, -0.05) is 50.6 Å². The second-order valence-corrected chi connectivity index (χ2v) is 21.7. The first-order chi connectivity index (χ1) is 29.4. The number of hydrogen-bond donors (Lipinski definition) is 4. The van der Waals surface area contributed by atoms with Crippen molar-refractivity contribution in [1.29, 1.82) is 0 Å². The van der Waals surface area contributed by atoms with E-state index in [1.165, 1.54) is 16.2 Å². The molecule has 2 saturated carbocycles. The van der Waals surface area contributed by atoms with Crippen molar-refractivity contribution < 1.29 is 38.1 Å². The zero-order valence-corrected chi connectivity index (χ0v) is 38.4. The van der Waals surface area contributed by atoms with Gasteiger partial charge < -0.3 is 40.0 Å². The molecule has 1 saturated heterocycles. The first-order valence-corrected chi connectivity index (χ1v) is 24.2. The van der Waals surface area contributed by atoms with E-state index in [4.69, 9.17) is 35.8 Å². The molecule has 3 heterocycles. The van der Waals surface area contributed by atoms with Crippen molar-refractivity contribution in [3.8, 4) is 22.9 Å². The second-order valence-electron chi connectivity index (χ2n) is 17.9. The maximum Gasteiger partial charge on any atom is 0.408 e. The Balaban J connectivity index is 1.22. The summed E-state index contributed by atoms with van der Waals surface area (Å²) in [5, 5.41) is 11.4. The van der Waals surface area contributed by atoms with Gasteiger partial charge >= 0.3 is 6.09 Å². The molecule has 17 heteroatoms. The van der Waals surface area contributed by atoms with E-state index in [0.29, 0.717) is 44.4 Å². The normalized spacial score (nSPS) is 22.8. The van der Waals surface area contributed by atoms with Gasteiger partial charge in [0.05, 0.1) is 31.0 Å². The topological polar surface area (TPSA) is 181 Å². The third-order valence-corrected chi connectivity index (χ3v) is 15.5. The van der Waals surface area contributed by atoms with Crippen molar-refractivity contribution >= 4 is 64.2 Å². The van der Waals surface area contributed by atoms with Gasteiger partial charge in [-0.25, -0.2) is 14.8 Å². The Hall–Kier alpha value is -4.69. The molecule has 2 aliphatic carbocycles. The van der Waals surface area contributed by atoms with Gasteiger partial charge in [-0.3, -0.25) is 14.2 Å². The van der Waals surface area contributed by atoms with Crippen LogP contribution >= 0.6 is 30.3 Å². The monoisotopic (exact) mass is 906 g/mol. The van der Waals surface area contributed by atoms with Crippen molar-refractivity contribution in [2.75, 3.05) is 19.0 Å². The smallest absolute Gasteiger partial charge is 0.408 e. The molecule has 3 aliphatic rings. The van der Waals surface area contributed by atoms with Crippen LogP contribution in [0, 0.1) is 11.3 Å². The van der Waals surface area contributed by atoms with Gasteiger partial charge in [0.2, 0.25) is 19.2 Å². The standard InChI is InChI=1S/C45H56ClN6O8PS/c1-8-28-22-45(28,61(56,57)24-27-13-15-29(46)16-14-27)51-40(53)37-20-32(23-52(37)41(54)39(44(4,5)6)50-43(55)60-30-11-9-10-12-30)59-38-21-35(36-25-62-42(49-36)47-26(2)3)48-34-19-31(58-7)17-18-33(34)38/h8,13-19,21,25-26,28,30,32,37,39H,1,9-12,20,22-24H2,2-7H3,(H,47,49)(H,50,55)(H,51,53)(H,56,57)/t28-,32?,37+,39-,45+/m1/s1. The Morgan fingerprint density at radius 2 is 1.81 bits per heavy atom. The zero-order valence-electron chi connectivity index (χ0n) is 36.0. The molecule has 7 rings (SSSR count). The minimum absolute atomic E-state index is 0.0310. The lowest BCUT2D eigenvalue weighted by atomic mass is 9.85. The number of alkyl carbamates (subject to hydrolysis) is 1. The van der Waals surface area contributed by atoms with Gasteiger partial charge in [0.1, 0.15) is 46.8 Å². The highest BCUT2D eigenvalue weighted by atomic mass is 35.5. The van der Waals surface area contributed by atoms with Crippen molar-refractivity contribution in [3.05, 3.63) is 77.2 Å². The van der Waals surface area contributed by atoms with E-state index < -0.39 is 60.1 Å². The third-order valence-electron chi connectivity index (χ3n) is 11.8. The van der Waals surface area contributed by atoms with E-state index in [1.807, 2.05) is 46.1 Å². The molecule has 2 aromatic heterocycles. The number of hydrogen-bond acceptors (Lipinski definition) is 11. The maximum atomic E-state index is 14.9. The number of benzene rings is 2. The lowest BCUT2D eigenvalue weighted by molar-refractivity contribution is -0.142. The minimum Gasteiger partial charge on any atom is -0.497 e. The Labute approximate surface area is 371 Å². The van der Waals surface area contributed by atoms with E-state index in [-0.39, 0.29) is 37.7 Å². The summed E-state index contributed by atoms with van der Waals surface area (Å²) >= 11 is 7.55. The van der Waals surface area contributed by atoms with Crippen molar-refractivity contribution in [2.24, 2.45) is 11.3 Å². The third kappa shape index (κ3) is 9.91. The highest BCUT2D eigenvalue weighted by molar-refractivity contribution is 7.59. The number of anilines is 1. The maximum absolute atomic E-state index is 14.9. The molecule has 1 aliphatic heterocycles. The summed E-state index contributed by atoms with van der Waals surface area (Å²) in [6, 6.07) is 11.9. The van der Waals surface area contributed by atoms with Gasteiger partial charge in [0, 0.05) is 46.3 Å². The number of nitrogens with zero attached hydrogens (tertiary/aromatic N) is 3.